The van der Waals surface area contributed by atoms with Gasteiger partial charge in [0.15, 0.2) is 0 Å². The second-order valence-corrected chi connectivity index (χ2v) is 4.42. The third-order valence-electron chi connectivity index (χ3n) is 3.10. The Hall–Kier alpha value is -2.75. The summed E-state index contributed by atoms with van der Waals surface area (Å²) in [5, 5.41) is 9.25. The van der Waals surface area contributed by atoms with Crippen LogP contribution in [0.3, 0.4) is 0 Å². The van der Waals surface area contributed by atoms with E-state index in [-0.39, 0.29) is 5.56 Å². The lowest BCUT2D eigenvalue weighted by atomic mass is 10.1. The zero-order valence-corrected chi connectivity index (χ0v) is 10.9. The molecular formula is C16H12N2O2. The lowest BCUT2D eigenvalue weighted by Crippen LogP contribution is -2.00. The quantitative estimate of drug-likeness (QED) is 0.719. The van der Waals surface area contributed by atoms with Crippen LogP contribution in [0.25, 0.3) is 28.1 Å². The largest absolute Gasteiger partial charge is 0.478 e. The first-order valence-corrected chi connectivity index (χ1v) is 6.26. The molecule has 1 heterocycles. The van der Waals surface area contributed by atoms with Gasteiger partial charge < -0.3 is 5.11 Å². The maximum atomic E-state index is 11.3. The number of aromatic carboxylic acids is 1. The number of para-hydroxylation sites is 2. The van der Waals surface area contributed by atoms with Gasteiger partial charge in [0.05, 0.1) is 22.1 Å². The van der Waals surface area contributed by atoms with Crippen LogP contribution in [-0.4, -0.2) is 21.0 Å². The van der Waals surface area contributed by atoms with Crippen LogP contribution in [0.5, 0.6) is 0 Å². The van der Waals surface area contributed by atoms with Gasteiger partial charge in [-0.1, -0.05) is 30.4 Å². The third kappa shape index (κ3) is 1.91. The second kappa shape index (κ2) is 4.74. The molecule has 0 amide bonds. The smallest absolute Gasteiger partial charge is 0.337 e. The van der Waals surface area contributed by atoms with E-state index in [0.717, 1.165) is 11.1 Å². The fourth-order valence-corrected chi connectivity index (χ4v) is 2.23. The molecular weight excluding hydrogens is 252 g/mol. The van der Waals surface area contributed by atoms with Crippen molar-refractivity contribution in [2.75, 3.05) is 0 Å². The SMILES string of the molecule is CC=Cc1cccc2nc3cccc(C(=O)O)c3nc12. The van der Waals surface area contributed by atoms with Crippen LogP contribution in [0.1, 0.15) is 22.8 Å². The van der Waals surface area contributed by atoms with E-state index in [4.69, 9.17) is 0 Å². The Kier molecular flexibility index (Phi) is 2.91. The van der Waals surface area contributed by atoms with Gasteiger partial charge in [-0.25, -0.2) is 14.8 Å². The molecule has 0 aliphatic heterocycles. The molecule has 4 nitrogen and oxygen atoms in total. The minimum Gasteiger partial charge on any atom is -0.478 e. The first kappa shape index (κ1) is 12.3. The van der Waals surface area contributed by atoms with Crippen molar-refractivity contribution >= 4 is 34.1 Å². The average molecular weight is 264 g/mol. The van der Waals surface area contributed by atoms with Crippen LogP contribution in [0.4, 0.5) is 0 Å². The first-order chi connectivity index (χ1) is 9.70. The molecule has 0 aliphatic rings. The molecule has 0 radical (unpaired) electrons. The number of fused-ring (bicyclic) bond motifs is 2. The normalized spacial score (nSPS) is 11.4. The number of carboxylic acids is 1. The number of carbonyl (C=O) groups is 1. The predicted octanol–water partition coefficient (Wildman–Crippen LogP) is 3.51. The topological polar surface area (TPSA) is 63.1 Å². The maximum Gasteiger partial charge on any atom is 0.337 e. The third-order valence-corrected chi connectivity index (χ3v) is 3.10. The summed E-state index contributed by atoms with van der Waals surface area (Å²) >= 11 is 0. The van der Waals surface area contributed by atoms with E-state index in [1.165, 1.54) is 0 Å². The second-order valence-electron chi connectivity index (χ2n) is 4.42. The molecule has 0 fully saturated rings. The van der Waals surface area contributed by atoms with Crippen molar-refractivity contribution in [3.05, 3.63) is 53.6 Å². The van der Waals surface area contributed by atoms with Gasteiger partial charge in [0.2, 0.25) is 0 Å². The molecule has 0 spiro atoms. The van der Waals surface area contributed by atoms with E-state index < -0.39 is 5.97 Å². The van der Waals surface area contributed by atoms with E-state index in [2.05, 4.69) is 9.97 Å². The fourth-order valence-electron chi connectivity index (χ4n) is 2.23. The van der Waals surface area contributed by atoms with Crippen molar-refractivity contribution in [2.24, 2.45) is 0 Å². The Labute approximate surface area is 115 Å². The highest BCUT2D eigenvalue weighted by Gasteiger charge is 2.12. The minimum atomic E-state index is -0.993. The molecule has 20 heavy (non-hydrogen) atoms. The van der Waals surface area contributed by atoms with E-state index in [1.807, 2.05) is 37.3 Å². The van der Waals surface area contributed by atoms with Gasteiger partial charge in [0.1, 0.15) is 5.52 Å². The summed E-state index contributed by atoms with van der Waals surface area (Å²) in [6, 6.07) is 10.7. The summed E-state index contributed by atoms with van der Waals surface area (Å²) in [5.41, 5.74) is 3.59. The van der Waals surface area contributed by atoms with Crippen LogP contribution in [0, 0.1) is 0 Å². The van der Waals surface area contributed by atoms with Gasteiger partial charge >= 0.3 is 5.97 Å². The predicted molar refractivity (Wildman–Crippen MR) is 78.7 cm³/mol. The maximum absolute atomic E-state index is 11.3. The summed E-state index contributed by atoms with van der Waals surface area (Å²) in [7, 11) is 0. The van der Waals surface area contributed by atoms with Crippen LogP contribution < -0.4 is 0 Å². The Morgan fingerprint density at radius 2 is 1.75 bits per heavy atom. The van der Waals surface area contributed by atoms with Gasteiger partial charge in [-0.2, -0.15) is 0 Å². The van der Waals surface area contributed by atoms with Crippen LogP contribution >= 0.6 is 0 Å². The Balaban J connectivity index is 2.45. The molecule has 1 aromatic heterocycles. The molecule has 0 atom stereocenters. The molecule has 3 aromatic rings. The number of benzene rings is 2. The Bertz CT molecular complexity index is 854. The highest BCUT2D eigenvalue weighted by atomic mass is 16.4. The highest BCUT2D eigenvalue weighted by molar-refractivity contribution is 6.03. The highest BCUT2D eigenvalue weighted by Crippen LogP contribution is 2.22. The van der Waals surface area contributed by atoms with Crippen LogP contribution in [-0.2, 0) is 0 Å². The molecule has 0 bridgehead atoms. The van der Waals surface area contributed by atoms with E-state index >= 15 is 0 Å². The molecule has 0 unspecified atom stereocenters. The molecule has 0 aliphatic carbocycles. The summed E-state index contributed by atoms with van der Waals surface area (Å²) in [5.74, 6) is -0.993. The Morgan fingerprint density at radius 3 is 2.45 bits per heavy atom. The molecule has 4 heteroatoms. The summed E-state index contributed by atoms with van der Waals surface area (Å²) < 4.78 is 0. The molecule has 0 saturated heterocycles. The Morgan fingerprint density at radius 1 is 1.05 bits per heavy atom. The van der Waals surface area contributed by atoms with Gasteiger partial charge in [0, 0.05) is 5.56 Å². The number of aromatic nitrogens is 2. The zero-order valence-electron chi connectivity index (χ0n) is 10.9. The van der Waals surface area contributed by atoms with Crippen molar-refractivity contribution in [1.29, 1.82) is 0 Å². The van der Waals surface area contributed by atoms with Crippen molar-refractivity contribution in [2.45, 2.75) is 6.92 Å². The van der Waals surface area contributed by atoms with Crippen molar-refractivity contribution < 1.29 is 9.90 Å². The number of allylic oxidation sites excluding steroid dienone is 1. The summed E-state index contributed by atoms with van der Waals surface area (Å²) in [4.78, 5) is 20.3. The number of carboxylic acid groups (broad SMARTS) is 1. The van der Waals surface area contributed by atoms with Crippen molar-refractivity contribution in [3.63, 3.8) is 0 Å². The van der Waals surface area contributed by atoms with E-state index in [0.29, 0.717) is 16.6 Å². The first-order valence-electron chi connectivity index (χ1n) is 6.26. The molecule has 0 saturated carbocycles. The lowest BCUT2D eigenvalue weighted by molar-refractivity contribution is 0.0699. The minimum absolute atomic E-state index is 0.173. The number of hydrogen-bond acceptors (Lipinski definition) is 3. The van der Waals surface area contributed by atoms with Crippen LogP contribution in [0.15, 0.2) is 42.5 Å². The number of nitrogens with zero attached hydrogens (tertiary/aromatic N) is 2. The molecule has 98 valence electrons. The van der Waals surface area contributed by atoms with Gasteiger partial charge in [0.25, 0.3) is 0 Å². The van der Waals surface area contributed by atoms with E-state index in [1.54, 1.807) is 18.2 Å². The average Bonchev–Trinajstić information content (AvgIpc) is 2.45. The summed E-state index contributed by atoms with van der Waals surface area (Å²) in [6.07, 6.45) is 3.86. The van der Waals surface area contributed by atoms with Gasteiger partial charge in [-0.3, -0.25) is 0 Å². The summed E-state index contributed by atoms with van der Waals surface area (Å²) in [6.45, 7) is 1.93. The number of rotatable bonds is 2. The van der Waals surface area contributed by atoms with Crippen molar-refractivity contribution in [3.8, 4) is 0 Å². The molecule has 2 aromatic carbocycles. The van der Waals surface area contributed by atoms with E-state index in [9.17, 15) is 9.90 Å². The van der Waals surface area contributed by atoms with Crippen LogP contribution in [0.2, 0.25) is 0 Å². The van der Waals surface area contributed by atoms with Crippen molar-refractivity contribution in [1.82, 2.24) is 9.97 Å². The van der Waals surface area contributed by atoms with Gasteiger partial charge in [-0.05, 0) is 25.1 Å². The number of hydrogen-bond donors (Lipinski definition) is 1. The standard InChI is InChI=1S/C16H12N2O2/c1-2-5-10-6-3-8-12-14(10)18-15-11(16(19)20)7-4-9-13(15)17-12/h2-9H,1H3,(H,19,20). The molecule has 3 rings (SSSR count). The van der Waals surface area contributed by atoms with Gasteiger partial charge in [-0.15, -0.1) is 0 Å². The zero-order chi connectivity index (χ0) is 14.1. The fraction of sp³-hybridized carbons (Fsp3) is 0.0625. The lowest BCUT2D eigenvalue weighted by Gasteiger charge is -2.05. The monoisotopic (exact) mass is 264 g/mol. The molecule has 1 N–H and O–H groups in total.